The molecule has 14 heteroatoms. The van der Waals surface area contributed by atoms with Gasteiger partial charge < -0.3 is 33.5 Å². The minimum Gasteiger partial charge on any atom is -0.492 e. The molecule has 0 atom stereocenters. The number of aromatic nitrogens is 3. The number of carbonyl (C=O) groups is 4. The highest BCUT2D eigenvalue weighted by molar-refractivity contribution is 6.05. The Kier molecular flexibility index (Phi) is 7.99. The molecule has 42 heavy (non-hydrogen) atoms. The third-order valence-electron chi connectivity index (χ3n) is 6.06. The second kappa shape index (κ2) is 11.8. The molecule has 6 rings (SSSR count). The van der Waals surface area contributed by atoms with E-state index in [1.807, 2.05) is 38.0 Å². The molecule has 0 radical (unpaired) electrons. The molecule has 3 aliphatic rings. The number of hydrogen-bond acceptors (Lipinski definition) is 13. The molecule has 14 nitrogen and oxygen atoms in total. The van der Waals surface area contributed by atoms with E-state index in [9.17, 15) is 19.2 Å². The van der Waals surface area contributed by atoms with Crippen LogP contribution in [0.1, 0.15) is 0 Å². The summed E-state index contributed by atoms with van der Waals surface area (Å²) in [6.07, 6.45) is 3.49. The van der Waals surface area contributed by atoms with E-state index in [0.29, 0.717) is 37.6 Å². The first-order valence-electron chi connectivity index (χ1n) is 12.8. The first-order valence-corrected chi connectivity index (χ1v) is 12.8. The van der Waals surface area contributed by atoms with Crippen LogP contribution in [-0.4, -0.2) is 96.3 Å². The summed E-state index contributed by atoms with van der Waals surface area (Å²) in [5.74, 6) is -4.37. The SMILES string of the molecule is CN(C)CCOc1ccc2c(c1)OC(=O)/C=C\C(=O)Oc1nc3c(c-2nn3CCN(C)C)c2c1OC(=O)/C=C\C(=O)O2. The summed E-state index contributed by atoms with van der Waals surface area (Å²) in [5.41, 5.74) is 0.673. The lowest BCUT2D eigenvalue weighted by Crippen LogP contribution is -2.20. The fraction of sp³-hybridized carbons (Fsp3) is 0.286. The van der Waals surface area contributed by atoms with Gasteiger partial charge in [0, 0.05) is 49.0 Å². The summed E-state index contributed by atoms with van der Waals surface area (Å²) in [7, 11) is 7.57. The Morgan fingerprint density at radius 1 is 0.786 bits per heavy atom. The molecule has 0 fully saturated rings. The maximum atomic E-state index is 12.7. The number of benzene rings is 1. The van der Waals surface area contributed by atoms with Gasteiger partial charge in [0.05, 0.1) is 11.9 Å². The van der Waals surface area contributed by atoms with Crippen LogP contribution in [0.4, 0.5) is 0 Å². The van der Waals surface area contributed by atoms with Crippen molar-refractivity contribution in [1.29, 1.82) is 0 Å². The molecule has 218 valence electrons. The van der Waals surface area contributed by atoms with E-state index < -0.39 is 35.5 Å². The molecule has 0 saturated carbocycles. The molecule has 2 aromatic heterocycles. The zero-order valence-corrected chi connectivity index (χ0v) is 23.3. The van der Waals surface area contributed by atoms with E-state index in [0.717, 1.165) is 24.3 Å². The minimum atomic E-state index is -1.03. The van der Waals surface area contributed by atoms with Gasteiger partial charge in [0.1, 0.15) is 23.8 Å². The van der Waals surface area contributed by atoms with Crippen LogP contribution in [0.3, 0.4) is 0 Å². The Hall–Kier alpha value is -5.08. The maximum Gasteiger partial charge on any atom is 0.337 e. The van der Waals surface area contributed by atoms with Crippen molar-refractivity contribution < 1.29 is 42.9 Å². The Balaban J connectivity index is 1.80. The number of carbonyl (C=O) groups excluding carboxylic acids is 4. The van der Waals surface area contributed by atoms with E-state index in [4.69, 9.17) is 28.8 Å². The lowest BCUT2D eigenvalue weighted by Gasteiger charge is -2.16. The Morgan fingerprint density at radius 3 is 2.07 bits per heavy atom. The van der Waals surface area contributed by atoms with Crippen molar-refractivity contribution in [3.05, 3.63) is 42.5 Å². The molecule has 5 heterocycles. The monoisotopic (exact) mass is 577 g/mol. The van der Waals surface area contributed by atoms with Crippen LogP contribution < -0.4 is 23.7 Å². The van der Waals surface area contributed by atoms with Gasteiger partial charge in [-0.25, -0.2) is 23.9 Å². The second-order valence-corrected chi connectivity index (χ2v) is 9.81. The van der Waals surface area contributed by atoms with Crippen LogP contribution in [0, 0.1) is 0 Å². The van der Waals surface area contributed by atoms with Crippen molar-refractivity contribution in [2.24, 2.45) is 0 Å². The topological polar surface area (TPSA) is 152 Å². The van der Waals surface area contributed by atoms with Crippen LogP contribution in [0.5, 0.6) is 28.9 Å². The number of fused-ring (bicyclic) bond motifs is 4. The first-order chi connectivity index (χ1) is 20.1. The quantitative estimate of drug-likeness (QED) is 0.294. The minimum absolute atomic E-state index is 0.0469. The zero-order valence-electron chi connectivity index (χ0n) is 23.3. The van der Waals surface area contributed by atoms with Gasteiger partial charge in [0.25, 0.3) is 5.88 Å². The van der Waals surface area contributed by atoms with E-state index in [1.54, 1.807) is 12.1 Å². The third kappa shape index (κ3) is 6.14. The van der Waals surface area contributed by atoms with Gasteiger partial charge in [-0.3, -0.25) is 0 Å². The van der Waals surface area contributed by atoms with Gasteiger partial charge in [0.2, 0.25) is 5.75 Å². The van der Waals surface area contributed by atoms with Gasteiger partial charge in [-0.2, -0.15) is 10.1 Å². The Labute approximate surface area is 239 Å². The molecule has 0 N–H and O–H groups in total. The van der Waals surface area contributed by atoms with Crippen LogP contribution in [0.2, 0.25) is 0 Å². The highest BCUT2D eigenvalue weighted by Crippen LogP contribution is 2.48. The average Bonchev–Trinajstić information content (AvgIpc) is 3.28. The van der Waals surface area contributed by atoms with Gasteiger partial charge in [-0.1, -0.05) is 0 Å². The number of esters is 4. The number of nitrogens with zero attached hydrogens (tertiary/aromatic N) is 5. The Morgan fingerprint density at radius 2 is 1.40 bits per heavy atom. The van der Waals surface area contributed by atoms with E-state index in [1.165, 1.54) is 10.7 Å². The van der Waals surface area contributed by atoms with Crippen molar-refractivity contribution in [3.63, 3.8) is 0 Å². The van der Waals surface area contributed by atoms with E-state index >= 15 is 0 Å². The molecule has 0 spiro atoms. The number of pyridine rings is 1. The Bertz CT molecular complexity index is 1660. The van der Waals surface area contributed by atoms with Crippen LogP contribution in [0.15, 0.2) is 42.5 Å². The summed E-state index contributed by atoms with van der Waals surface area (Å²) in [4.78, 5) is 58.9. The van der Waals surface area contributed by atoms with Crippen molar-refractivity contribution in [3.8, 4) is 40.1 Å². The lowest BCUT2D eigenvalue weighted by molar-refractivity contribution is -0.134. The largest absolute Gasteiger partial charge is 0.492 e. The summed E-state index contributed by atoms with van der Waals surface area (Å²) < 4.78 is 29.4. The lowest BCUT2D eigenvalue weighted by atomic mass is 10.1. The van der Waals surface area contributed by atoms with Crippen molar-refractivity contribution >= 4 is 34.9 Å². The zero-order chi connectivity index (χ0) is 30.0. The smallest absolute Gasteiger partial charge is 0.337 e. The summed E-state index contributed by atoms with van der Waals surface area (Å²) in [5, 5.41) is 4.90. The van der Waals surface area contributed by atoms with Crippen LogP contribution >= 0.6 is 0 Å². The summed E-state index contributed by atoms with van der Waals surface area (Å²) in [6, 6.07) is 4.82. The second-order valence-electron chi connectivity index (χ2n) is 9.81. The van der Waals surface area contributed by atoms with Crippen molar-refractivity contribution in [2.75, 3.05) is 47.9 Å². The van der Waals surface area contributed by atoms with Crippen LogP contribution in [-0.2, 0) is 25.7 Å². The molecule has 3 aromatic rings. The fourth-order valence-corrected chi connectivity index (χ4v) is 4.06. The first kappa shape index (κ1) is 28.4. The van der Waals surface area contributed by atoms with E-state index in [-0.39, 0.29) is 28.2 Å². The predicted molar refractivity (Wildman–Crippen MR) is 146 cm³/mol. The molecule has 0 unspecified atom stereocenters. The normalized spacial score (nSPS) is 16.3. The predicted octanol–water partition coefficient (Wildman–Crippen LogP) is 1.36. The molecular formula is C28H27N5O9. The average molecular weight is 578 g/mol. The number of hydrogen-bond donors (Lipinski definition) is 0. The summed E-state index contributed by atoms with van der Waals surface area (Å²) in [6.45, 7) is 1.85. The summed E-state index contributed by atoms with van der Waals surface area (Å²) >= 11 is 0. The highest BCUT2D eigenvalue weighted by atomic mass is 16.6. The molecule has 4 bridgehead atoms. The van der Waals surface area contributed by atoms with Gasteiger partial charge in [-0.05, 0) is 40.3 Å². The van der Waals surface area contributed by atoms with Crippen LogP contribution in [0.25, 0.3) is 22.3 Å². The van der Waals surface area contributed by atoms with Gasteiger partial charge >= 0.3 is 23.9 Å². The molecule has 0 aliphatic carbocycles. The van der Waals surface area contributed by atoms with Crippen molar-refractivity contribution in [2.45, 2.75) is 6.54 Å². The molecule has 1 aromatic carbocycles. The third-order valence-corrected chi connectivity index (χ3v) is 6.06. The maximum absolute atomic E-state index is 12.7. The molecule has 0 saturated heterocycles. The fourth-order valence-electron chi connectivity index (χ4n) is 4.06. The number of ether oxygens (including phenoxy) is 5. The molecular weight excluding hydrogens is 550 g/mol. The van der Waals surface area contributed by atoms with E-state index in [2.05, 4.69) is 4.98 Å². The number of rotatable bonds is 7. The number of likely N-dealkylation sites (N-methyl/N-ethyl adjacent to an activating group) is 2. The molecule has 0 amide bonds. The van der Waals surface area contributed by atoms with Gasteiger partial charge in [-0.15, -0.1) is 0 Å². The highest BCUT2D eigenvalue weighted by Gasteiger charge is 2.32. The molecule has 3 aliphatic heterocycles. The standard InChI is InChI=1S/C28H27N5O9/c1-31(2)11-12-33-27-23-24(30-33)17-6-5-16(38-14-13-32(3)4)15-18(17)39-19(34)7-10-22(37)42-28(29-27)26-25(23)40-20(35)8-9-21(36)41-26/h5-10,15H,11-14H2,1-4H3/b9-8-,10-7-. The van der Waals surface area contributed by atoms with Crippen molar-refractivity contribution in [1.82, 2.24) is 24.6 Å². The van der Waals surface area contributed by atoms with Gasteiger partial charge in [0.15, 0.2) is 11.4 Å².